The Labute approximate surface area is 165 Å². The number of urea groups is 1. The molecule has 1 aliphatic heterocycles. The highest BCUT2D eigenvalue weighted by Crippen LogP contribution is 2.20. The van der Waals surface area contributed by atoms with Crippen LogP contribution < -0.4 is 5.32 Å². The van der Waals surface area contributed by atoms with E-state index in [-0.39, 0.29) is 18.0 Å². The number of aromatic nitrogens is 3. The lowest BCUT2D eigenvalue weighted by atomic mass is 10.1. The van der Waals surface area contributed by atoms with Gasteiger partial charge in [-0.15, -0.1) is 0 Å². The van der Waals surface area contributed by atoms with Crippen molar-refractivity contribution < 1.29 is 9.59 Å². The van der Waals surface area contributed by atoms with Gasteiger partial charge in [-0.1, -0.05) is 0 Å². The van der Waals surface area contributed by atoms with E-state index in [9.17, 15) is 9.59 Å². The largest absolute Gasteiger partial charge is 0.335 e. The van der Waals surface area contributed by atoms with Gasteiger partial charge in [-0.25, -0.2) is 14.8 Å². The van der Waals surface area contributed by atoms with Crippen LogP contribution in [0.25, 0.3) is 0 Å². The van der Waals surface area contributed by atoms with Crippen molar-refractivity contribution >= 4 is 17.6 Å². The van der Waals surface area contributed by atoms with Gasteiger partial charge < -0.3 is 15.1 Å². The van der Waals surface area contributed by atoms with E-state index in [0.29, 0.717) is 25.3 Å². The highest BCUT2D eigenvalue weighted by Gasteiger charge is 2.26. The lowest BCUT2D eigenvalue weighted by Crippen LogP contribution is -2.40. The molecule has 1 N–H and O–H groups in total. The third kappa shape index (κ3) is 5.25. The highest BCUT2D eigenvalue weighted by molar-refractivity contribution is 5.89. The number of pyridine rings is 1. The number of hydrogen-bond acceptors (Lipinski definition) is 5. The maximum atomic E-state index is 12.6. The monoisotopic (exact) mass is 382 g/mol. The molecule has 0 aliphatic carbocycles. The predicted molar refractivity (Wildman–Crippen MR) is 105 cm³/mol. The summed E-state index contributed by atoms with van der Waals surface area (Å²) in [5, 5.41) is 2.91. The number of amides is 3. The first-order valence-electron chi connectivity index (χ1n) is 9.51. The van der Waals surface area contributed by atoms with Crippen LogP contribution in [0.2, 0.25) is 0 Å². The third-order valence-corrected chi connectivity index (χ3v) is 4.92. The van der Waals surface area contributed by atoms with Gasteiger partial charge in [0, 0.05) is 56.8 Å². The zero-order valence-electron chi connectivity index (χ0n) is 16.3. The Morgan fingerprint density at radius 1 is 1.14 bits per heavy atom. The Hall–Kier alpha value is -3.03. The summed E-state index contributed by atoms with van der Waals surface area (Å²) in [7, 11) is 0. The van der Waals surface area contributed by atoms with Crippen LogP contribution in [0.3, 0.4) is 0 Å². The fraction of sp³-hybridized carbons (Fsp3) is 0.450. The summed E-state index contributed by atoms with van der Waals surface area (Å²) in [6.07, 6.45) is 10.8. The van der Waals surface area contributed by atoms with Gasteiger partial charge in [0.15, 0.2) is 0 Å². The van der Waals surface area contributed by atoms with Crippen molar-refractivity contribution in [1.82, 2.24) is 24.8 Å². The van der Waals surface area contributed by atoms with Crippen molar-refractivity contribution in [2.24, 2.45) is 0 Å². The number of likely N-dealkylation sites (tertiary alicyclic amines) is 1. The van der Waals surface area contributed by atoms with Crippen LogP contribution in [0.1, 0.15) is 37.3 Å². The number of carbonyl (C=O) groups is 2. The number of hydrogen-bond donors (Lipinski definition) is 1. The third-order valence-electron chi connectivity index (χ3n) is 4.92. The summed E-state index contributed by atoms with van der Waals surface area (Å²) in [4.78, 5) is 40.7. The molecule has 2 aromatic rings. The number of carbonyl (C=O) groups excluding carboxylic acids is 2. The maximum absolute atomic E-state index is 12.6. The quantitative estimate of drug-likeness (QED) is 0.878. The molecule has 8 heteroatoms. The zero-order chi connectivity index (χ0) is 19.9. The average Bonchev–Trinajstić information content (AvgIpc) is 2.93. The molecular formula is C20H26N6O2. The van der Waals surface area contributed by atoms with Crippen molar-refractivity contribution in [3.63, 3.8) is 0 Å². The van der Waals surface area contributed by atoms with E-state index in [1.54, 1.807) is 31.7 Å². The van der Waals surface area contributed by atoms with E-state index in [1.165, 1.54) is 6.33 Å². The van der Waals surface area contributed by atoms with Gasteiger partial charge >= 0.3 is 6.03 Å². The van der Waals surface area contributed by atoms with Gasteiger partial charge in [-0.3, -0.25) is 9.78 Å². The minimum absolute atomic E-state index is 0.0255. The molecule has 1 fully saturated rings. The van der Waals surface area contributed by atoms with Crippen molar-refractivity contribution in [2.75, 3.05) is 18.4 Å². The number of nitrogens with zero attached hydrogens (tertiary/aromatic N) is 5. The Morgan fingerprint density at radius 2 is 1.93 bits per heavy atom. The van der Waals surface area contributed by atoms with Gasteiger partial charge in [-0.2, -0.15) is 0 Å². The zero-order valence-corrected chi connectivity index (χ0v) is 16.3. The van der Waals surface area contributed by atoms with Crippen LogP contribution in [0.15, 0.2) is 37.2 Å². The number of nitrogens with one attached hydrogen (secondary N) is 1. The molecule has 3 rings (SSSR count). The molecule has 0 spiro atoms. The van der Waals surface area contributed by atoms with Crippen LogP contribution in [0.4, 0.5) is 10.5 Å². The van der Waals surface area contributed by atoms with Crippen LogP contribution in [0.5, 0.6) is 0 Å². The van der Waals surface area contributed by atoms with E-state index in [4.69, 9.17) is 0 Å². The van der Waals surface area contributed by atoms with Crippen molar-refractivity contribution in [3.8, 4) is 0 Å². The van der Waals surface area contributed by atoms with Gasteiger partial charge in [0.25, 0.3) is 0 Å². The fourth-order valence-corrected chi connectivity index (χ4v) is 3.53. The molecule has 0 aromatic carbocycles. The first-order chi connectivity index (χ1) is 13.5. The van der Waals surface area contributed by atoms with Crippen LogP contribution in [-0.4, -0.2) is 55.8 Å². The minimum atomic E-state index is -0.126. The topological polar surface area (TPSA) is 91.3 Å². The molecule has 0 saturated carbocycles. The molecule has 1 atom stereocenters. The van der Waals surface area contributed by atoms with E-state index in [2.05, 4.69) is 20.3 Å². The standard InChI is InChI=1S/C20H26N6O2/c1-15-8-18(12-21-9-15)24-20(28)25-6-3-4-19(5-7-25)26(16(2)27)13-17-10-22-14-23-11-17/h8-12,14,19H,3-7,13H2,1-2H3,(H,24,28)/t19-/m0/s1. The second-order valence-corrected chi connectivity index (χ2v) is 7.15. The lowest BCUT2D eigenvalue weighted by molar-refractivity contribution is -0.132. The highest BCUT2D eigenvalue weighted by atomic mass is 16.2. The SMILES string of the molecule is CC(=O)N(Cc1cncnc1)[C@H]1CCCN(C(=O)Nc2cncc(C)c2)CC1. The maximum Gasteiger partial charge on any atom is 0.321 e. The number of aryl methyl sites for hydroxylation is 1. The molecule has 0 bridgehead atoms. The molecule has 8 nitrogen and oxygen atoms in total. The van der Waals surface area contributed by atoms with Gasteiger partial charge in [0.05, 0.1) is 11.9 Å². The molecular weight excluding hydrogens is 356 g/mol. The van der Waals surface area contributed by atoms with Crippen LogP contribution in [-0.2, 0) is 11.3 Å². The molecule has 0 unspecified atom stereocenters. The van der Waals surface area contributed by atoms with Gasteiger partial charge in [0.1, 0.15) is 6.33 Å². The molecule has 1 aliphatic rings. The molecule has 2 aromatic heterocycles. The number of rotatable bonds is 4. The second kappa shape index (κ2) is 9.25. The average molecular weight is 382 g/mol. The second-order valence-electron chi connectivity index (χ2n) is 7.15. The smallest absolute Gasteiger partial charge is 0.321 e. The van der Waals surface area contributed by atoms with Gasteiger partial charge in [0.2, 0.25) is 5.91 Å². The fourth-order valence-electron chi connectivity index (χ4n) is 3.53. The molecule has 0 radical (unpaired) electrons. The molecule has 1 saturated heterocycles. The van der Waals surface area contributed by atoms with Crippen molar-refractivity contribution in [1.29, 1.82) is 0 Å². The van der Waals surface area contributed by atoms with Gasteiger partial charge in [-0.05, 0) is 37.8 Å². The van der Waals surface area contributed by atoms with E-state index < -0.39 is 0 Å². The Balaban J connectivity index is 1.61. The van der Waals surface area contributed by atoms with E-state index >= 15 is 0 Å². The first-order valence-corrected chi connectivity index (χ1v) is 9.51. The predicted octanol–water partition coefficient (Wildman–Crippen LogP) is 2.62. The summed E-state index contributed by atoms with van der Waals surface area (Å²) in [6, 6.07) is 1.86. The normalized spacial score (nSPS) is 16.9. The minimum Gasteiger partial charge on any atom is -0.335 e. The Morgan fingerprint density at radius 3 is 2.64 bits per heavy atom. The molecule has 148 valence electrons. The van der Waals surface area contributed by atoms with E-state index in [0.717, 1.165) is 30.4 Å². The lowest BCUT2D eigenvalue weighted by Gasteiger charge is -2.30. The Kier molecular flexibility index (Phi) is 6.52. The first kappa shape index (κ1) is 19.7. The summed E-state index contributed by atoms with van der Waals surface area (Å²) >= 11 is 0. The van der Waals surface area contributed by atoms with Crippen LogP contribution in [0, 0.1) is 6.92 Å². The number of anilines is 1. The molecule has 3 heterocycles. The van der Waals surface area contributed by atoms with Crippen molar-refractivity contribution in [2.45, 2.75) is 45.7 Å². The summed E-state index contributed by atoms with van der Waals surface area (Å²) in [6.45, 7) is 5.28. The van der Waals surface area contributed by atoms with Crippen LogP contribution >= 0.6 is 0 Å². The Bertz CT molecular complexity index is 813. The summed E-state index contributed by atoms with van der Waals surface area (Å²) in [5.41, 5.74) is 2.60. The summed E-state index contributed by atoms with van der Waals surface area (Å²) < 4.78 is 0. The molecule has 3 amide bonds. The summed E-state index contributed by atoms with van der Waals surface area (Å²) in [5.74, 6) is 0.0255. The molecule has 28 heavy (non-hydrogen) atoms. The van der Waals surface area contributed by atoms with Crippen molar-refractivity contribution in [3.05, 3.63) is 48.3 Å². The van der Waals surface area contributed by atoms with E-state index in [1.807, 2.05) is 22.8 Å².